The van der Waals surface area contributed by atoms with Crippen molar-refractivity contribution in [3.63, 3.8) is 0 Å². The van der Waals surface area contributed by atoms with Crippen LogP contribution >= 0.6 is 11.3 Å². The number of terminal acetylenes is 1. The highest BCUT2D eigenvalue weighted by atomic mass is 32.1. The van der Waals surface area contributed by atoms with Gasteiger partial charge in [0.25, 0.3) is 0 Å². The number of para-hydroxylation sites is 2. The quantitative estimate of drug-likeness (QED) is 0.108. The topological polar surface area (TPSA) is 33.6 Å². The number of thiophene rings is 1. The van der Waals surface area contributed by atoms with Gasteiger partial charge < -0.3 is 9.13 Å². The van der Waals surface area contributed by atoms with Crippen molar-refractivity contribution in [2.75, 3.05) is 0 Å². The summed E-state index contributed by atoms with van der Waals surface area (Å²) in [5, 5.41) is 17.7. The largest absolute Gasteiger partial charge is 0.312 e. The third kappa shape index (κ3) is 4.07. The van der Waals surface area contributed by atoms with Gasteiger partial charge in [0.2, 0.25) is 0 Å². The van der Waals surface area contributed by atoms with E-state index in [2.05, 4.69) is 142 Å². The molecular weight excluding hydrogens is 603 g/mol. The first kappa shape index (κ1) is 28.2. The van der Waals surface area contributed by atoms with Gasteiger partial charge in [-0.1, -0.05) is 84.8 Å². The Morgan fingerprint density at radius 3 is 2.23 bits per heavy atom. The van der Waals surface area contributed by atoms with Gasteiger partial charge in [-0.05, 0) is 67.8 Å². The number of allylic oxidation sites excluding steroid dienone is 8. The molecule has 0 amide bonds. The molecule has 3 aromatic heterocycles. The average Bonchev–Trinajstić information content (AvgIpc) is 3.79. The van der Waals surface area contributed by atoms with Crippen LogP contribution in [0, 0.1) is 23.7 Å². The van der Waals surface area contributed by atoms with Gasteiger partial charge in [-0.15, -0.1) is 17.8 Å². The molecule has 48 heavy (non-hydrogen) atoms. The summed E-state index contributed by atoms with van der Waals surface area (Å²) in [6.45, 7) is 1.89. The van der Waals surface area contributed by atoms with E-state index in [1.807, 2.05) is 24.3 Å². The van der Waals surface area contributed by atoms with Crippen LogP contribution in [0.1, 0.15) is 25.3 Å². The Morgan fingerprint density at radius 1 is 0.792 bits per heavy atom. The number of fused-ring (bicyclic) bond motifs is 10. The second-order valence-corrected chi connectivity index (χ2v) is 13.4. The second kappa shape index (κ2) is 11.0. The van der Waals surface area contributed by atoms with Gasteiger partial charge in [0, 0.05) is 64.6 Å². The fraction of sp³-hybridized carbons (Fsp3) is 0.0682. The molecule has 8 aromatic rings. The van der Waals surface area contributed by atoms with Crippen LogP contribution in [0.25, 0.3) is 80.8 Å². The van der Waals surface area contributed by atoms with Crippen LogP contribution in [0.4, 0.5) is 0 Å². The highest BCUT2D eigenvalue weighted by molar-refractivity contribution is 7.26. The molecule has 3 nitrogen and oxygen atoms in total. The lowest BCUT2D eigenvalue weighted by Gasteiger charge is -2.18. The van der Waals surface area contributed by atoms with Crippen LogP contribution < -0.4 is 0 Å². The monoisotopic (exact) mass is 631 g/mol. The number of nitrogens with zero attached hydrogens (tertiary/aromatic N) is 3. The van der Waals surface area contributed by atoms with E-state index in [0.717, 1.165) is 62.4 Å². The van der Waals surface area contributed by atoms with E-state index < -0.39 is 0 Å². The van der Waals surface area contributed by atoms with E-state index in [1.54, 1.807) is 0 Å². The smallest absolute Gasteiger partial charge is 0.0951 e. The Kier molecular flexibility index (Phi) is 6.47. The average molecular weight is 632 g/mol. The Hall–Kier alpha value is -6.07. The molecule has 9 rings (SSSR count). The SMILES string of the molecule is C#C/C=C(\C(=C(/C)C#N)c1ccc2c(c1)c1ccc3sc4ccccc4c3c1n2C1=CC=CCC1)n1c2ccccc2c2ccccc21. The highest BCUT2D eigenvalue weighted by Gasteiger charge is 2.23. The van der Waals surface area contributed by atoms with Crippen molar-refractivity contribution in [1.82, 2.24) is 9.13 Å². The molecule has 0 aliphatic heterocycles. The molecule has 3 heterocycles. The summed E-state index contributed by atoms with van der Waals surface area (Å²) >= 11 is 1.85. The summed E-state index contributed by atoms with van der Waals surface area (Å²) in [7, 11) is 0. The zero-order chi connectivity index (χ0) is 32.4. The van der Waals surface area contributed by atoms with Crippen molar-refractivity contribution in [1.29, 1.82) is 5.26 Å². The van der Waals surface area contributed by atoms with Crippen molar-refractivity contribution >= 4 is 92.1 Å². The van der Waals surface area contributed by atoms with Crippen molar-refractivity contribution in [2.24, 2.45) is 0 Å². The van der Waals surface area contributed by atoms with Crippen molar-refractivity contribution in [3.05, 3.63) is 139 Å². The Morgan fingerprint density at radius 2 is 1.52 bits per heavy atom. The van der Waals surface area contributed by atoms with Gasteiger partial charge >= 0.3 is 0 Å². The van der Waals surface area contributed by atoms with Crippen LogP contribution in [-0.2, 0) is 0 Å². The molecule has 0 saturated carbocycles. The van der Waals surface area contributed by atoms with Gasteiger partial charge in [-0.3, -0.25) is 0 Å². The number of rotatable bonds is 4. The van der Waals surface area contributed by atoms with E-state index >= 15 is 0 Å². The van der Waals surface area contributed by atoms with E-state index in [9.17, 15) is 5.26 Å². The molecule has 0 bridgehead atoms. The van der Waals surface area contributed by atoms with Gasteiger partial charge in [0.1, 0.15) is 0 Å². The first-order chi connectivity index (χ1) is 23.7. The summed E-state index contributed by atoms with van der Waals surface area (Å²) in [5.74, 6) is 2.82. The summed E-state index contributed by atoms with van der Waals surface area (Å²) in [5.41, 5.74) is 8.97. The zero-order valence-corrected chi connectivity index (χ0v) is 27.2. The maximum Gasteiger partial charge on any atom is 0.0951 e. The maximum absolute atomic E-state index is 10.4. The molecule has 0 N–H and O–H groups in total. The Labute approximate surface area is 282 Å². The number of benzene rings is 5. The third-order valence-electron chi connectivity index (χ3n) is 9.67. The minimum absolute atomic E-state index is 0.604. The van der Waals surface area contributed by atoms with Gasteiger partial charge in [0.05, 0.1) is 33.8 Å². The molecule has 5 aromatic carbocycles. The summed E-state index contributed by atoms with van der Waals surface area (Å²) in [4.78, 5) is 0. The lowest BCUT2D eigenvalue weighted by Crippen LogP contribution is -2.03. The van der Waals surface area contributed by atoms with E-state index in [0.29, 0.717) is 5.57 Å². The predicted octanol–water partition coefficient (Wildman–Crippen LogP) is 11.9. The van der Waals surface area contributed by atoms with Crippen LogP contribution in [0.2, 0.25) is 0 Å². The van der Waals surface area contributed by atoms with Gasteiger partial charge in [0.15, 0.2) is 0 Å². The lowest BCUT2D eigenvalue weighted by atomic mass is 9.95. The molecule has 0 fully saturated rings. The van der Waals surface area contributed by atoms with E-state index in [-0.39, 0.29) is 0 Å². The van der Waals surface area contributed by atoms with Gasteiger partial charge in [-0.2, -0.15) is 5.26 Å². The third-order valence-corrected chi connectivity index (χ3v) is 10.8. The molecule has 0 radical (unpaired) electrons. The molecule has 226 valence electrons. The van der Waals surface area contributed by atoms with E-state index in [4.69, 9.17) is 6.42 Å². The molecule has 0 atom stereocenters. The molecule has 0 saturated heterocycles. The fourth-order valence-corrected chi connectivity index (χ4v) is 8.78. The Bertz CT molecular complexity index is 2810. The van der Waals surface area contributed by atoms with Crippen LogP contribution in [-0.4, -0.2) is 9.13 Å². The fourth-order valence-electron chi connectivity index (χ4n) is 7.67. The first-order valence-electron chi connectivity index (χ1n) is 16.2. The van der Waals surface area contributed by atoms with Crippen molar-refractivity contribution < 1.29 is 0 Å². The highest BCUT2D eigenvalue weighted by Crippen LogP contribution is 2.45. The van der Waals surface area contributed by atoms with Gasteiger partial charge in [-0.25, -0.2) is 0 Å². The maximum atomic E-state index is 10.4. The van der Waals surface area contributed by atoms with E-state index in [1.165, 1.54) is 36.8 Å². The summed E-state index contributed by atoms with van der Waals surface area (Å²) in [6, 6.07) is 39.2. The van der Waals surface area contributed by atoms with Crippen LogP contribution in [0.3, 0.4) is 0 Å². The molecule has 1 aliphatic rings. The zero-order valence-electron chi connectivity index (χ0n) is 26.4. The molecule has 0 unspecified atom stereocenters. The number of hydrogen-bond acceptors (Lipinski definition) is 2. The second-order valence-electron chi connectivity index (χ2n) is 12.3. The van der Waals surface area contributed by atoms with Crippen LogP contribution in [0.15, 0.2) is 133 Å². The molecule has 1 aliphatic carbocycles. The Balaban J connectivity index is 1.37. The van der Waals surface area contributed by atoms with Crippen LogP contribution in [0.5, 0.6) is 0 Å². The van der Waals surface area contributed by atoms with Crippen molar-refractivity contribution in [3.8, 4) is 18.4 Å². The molecule has 4 heteroatoms. The normalized spacial score (nSPS) is 14.2. The number of nitriles is 1. The minimum Gasteiger partial charge on any atom is -0.312 e. The van der Waals surface area contributed by atoms with Crippen molar-refractivity contribution in [2.45, 2.75) is 19.8 Å². The standard InChI is InChI=1S/C44H29N3S/c1-3-13-39(47-36-19-10-7-16-31(36)32-17-8-11-20-37(32)47)42(28(2)27-45)29-22-24-38-35(26-29)33-23-25-41-43(34-18-9-12-21-40(34)48-41)44(33)46(38)30-14-5-4-6-15-30/h1,4-5,7-14,16-26H,6,15H2,2H3/b39-13+,42-28+. The predicted molar refractivity (Wildman–Crippen MR) is 206 cm³/mol. The number of aromatic nitrogens is 2. The molecule has 0 spiro atoms. The first-order valence-corrected chi connectivity index (χ1v) is 17.0. The number of hydrogen-bond donors (Lipinski definition) is 0. The summed E-state index contributed by atoms with van der Waals surface area (Å²) < 4.78 is 7.27. The molecular formula is C44H29N3S. The minimum atomic E-state index is 0.604. The summed E-state index contributed by atoms with van der Waals surface area (Å²) in [6.07, 6.45) is 16.5. The lowest BCUT2D eigenvalue weighted by molar-refractivity contribution is 0.981.